The van der Waals surface area contributed by atoms with E-state index < -0.39 is 5.63 Å². The second-order valence-electron chi connectivity index (χ2n) is 6.51. The fourth-order valence-electron chi connectivity index (χ4n) is 3.33. The van der Waals surface area contributed by atoms with Crippen LogP contribution in [0.2, 0.25) is 0 Å². The van der Waals surface area contributed by atoms with Gasteiger partial charge in [-0.25, -0.2) is 4.79 Å². The highest BCUT2D eigenvalue weighted by atomic mass is 16.5. The Hall–Kier alpha value is -2.57. The van der Waals surface area contributed by atoms with Crippen LogP contribution >= 0.6 is 0 Å². The molecule has 1 aromatic carbocycles. The predicted molar refractivity (Wildman–Crippen MR) is 90.1 cm³/mol. The SMILES string of the molecule is COc1cccc(CC[C@H]2CCCN(C(=O)C[n+]3cc(=O)o[nH]3)C2)c1. The maximum atomic E-state index is 12.4. The van der Waals surface area contributed by atoms with Crippen molar-refractivity contribution in [2.45, 2.75) is 32.2 Å². The number of rotatable bonds is 6. The molecule has 0 aliphatic carbocycles. The van der Waals surface area contributed by atoms with E-state index in [2.05, 4.69) is 21.9 Å². The van der Waals surface area contributed by atoms with Crippen molar-refractivity contribution in [3.8, 4) is 5.75 Å². The summed E-state index contributed by atoms with van der Waals surface area (Å²) in [5.74, 6) is 1.38. The number of aryl methyl sites for hydroxylation is 1. The zero-order chi connectivity index (χ0) is 17.6. The van der Waals surface area contributed by atoms with Gasteiger partial charge in [-0.2, -0.15) is 0 Å². The summed E-state index contributed by atoms with van der Waals surface area (Å²) in [4.78, 5) is 25.3. The van der Waals surface area contributed by atoms with Crippen LogP contribution in [-0.2, 0) is 17.8 Å². The third-order valence-electron chi connectivity index (χ3n) is 4.68. The van der Waals surface area contributed by atoms with E-state index in [1.165, 1.54) is 16.4 Å². The van der Waals surface area contributed by atoms with Crippen molar-refractivity contribution in [3.05, 3.63) is 46.4 Å². The maximum Gasteiger partial charge on any atom is 0.426 e. The maximum absolute atomic E-state index is 12.4. The molecule has 2 heterocycles. The number of nitrogens with one attached hydrogen (secondary N) is 1. The van der Waals surface area contributed by atoms with Crippen molar-refractivity contribution >= 4 is 5.91 Å². The van der Waals surface area contributed by atoms with Gasteiger partial charge >= 0.3 is 5.63 Å². The number of hydrogen-bond acceptors (Lipinski definition) is 4. The van der Waals surface area contributed by atoms with Crippen molar-refractivity contribution in [2.75, 3.05) is 20.2 Å². The molecule has 0 spiro atoms. The van der Waals surface area contributed by atoms with Gasteiger partial charge in [-0.15, -0.1) is 0 Å². The first-order valence-corrected chi connectivity index (χ1v) is 8.62. The molecule has 1 aliphatic rings. The Balaban J connectivity index is 1.51. The van der Waals surface area contributed by atoms with E-state index >= 15 is 0 Å². The number of nitrogens with zero attached hydrogens (tertiary/aromatic N) is 2. The molecular weight excluding hydrogens is 322 g/mol. The van der Waals surface area contributed by atoms with Gasteiger partial charge in [0.1, 0.15) is 5.75 Å². The molecule has 7 heteroatoms. The Labute approximate surface area is 146 Å². The van der Waals surface area contributed by atoms with Gasteiger partial charge in [-0.3, -0.25) is 9.32 Å². The zero-order valence-corrected chi connectivity index (χ0v) is 14.4. The number of piperidine rings is 1. The highest BCUT2D eigenvalue weighted by molar-refractivity contribution is 5.74. The van der Waals surface area contributed by atoms with E-state index in [1.54, 1.807) is 7.11 Å². The summed E-state index contributed by atoms with van der Waals surface area (Å²) in [6.07, 6.45) is 5.44. The molecule has 0 radical (unpaired) electrons. The van der Waals surface area contributed by atoms with Gasteiger partial charge in [0.05, 0.1) is 7.11 Å². The van der Waals surface area contributed by atoms with Crippen LogP contribution in [0.3, 0.4) is 0 Å². The normalized spacial score (nSPS) is 17.5. The number of likely N-dealkylation sites (tertiary alicyclic amines) is 1. The Bertz CT molecular complexity index is 767. The summed E-state index contributed by atoms with van der Waals surface area (Å²) in [5, 5.41) is 2.41. The van der Waals surface area contributed by atoms with Crippen LogP contribution in [0.25, 0.3) is 0 Å². The Morgan fingerprint density at radius 2 is 2.36 bits per heavy atom. The van der Waals surface area contributed by atoms with Crippen LogP contribution in [0.4, 0.5) is 0 Å². The summed E-state index contributed by atoms with van der Waals surface area (Å²) in [7, 11) is 1.68. The lowest BCUT2D eigenvalue weighted by molar-refractivity contribution is -0.751. The molecule has 1 fully saturated rings. The molecule has 0 saturated carbocycles. The second kappa shape index (κ2) is 8.00. The molecule has 1 amide bonds. The van der Waals surface area contributed by atoms with Gasteiger partial charge in [0.25, 0.3) is 18.6 Å². The monoisotopic (exact) mass is 346 g/mol. The minimum atomic E-state index is -0.484. The molecule has 134 valence electrons. The molecule has 0 unspecified atom stereocenters. The van der Waals surface area contributed by atoms with Crippen LogP contribution < -0.4 is 15.0 Å². The van der Waals surface area contributed by atoms with E-state index in [-0.39, 0.29) is 12.5 Å². The first-order valence-electron chi connectivity index (χ1n) is 8.62. The van der Waals surface area contributed by atoms with Crippen LogP contribution in [0.15, 0.2) is 39.8 Å². The van der Waals surface area contributed by atoms with Crippen LogP contribution in [0, 0.1) is 5.92 Å². The largest absolute Gasteiger partial charge is 0.497 e. The number of hydrogen-bond donors (Lipinski definition) is 1. The molecule has 1 N–H and O–H groups in total. The minimum Gasteiger partial charge on any atom is -0.497 e. The van der Waals surface area contributed by atoms with Crippen molar-refractivity contribution in [1.82, 2.24) is 10.2 Å². The number of carbonyl (C=O) groups excluding carboxylic acids is 1. The Morgan fingerprint density at radius 3 is 3.12 bits per heavy atom. The van der Waals surface area contributed by atoms with Crippen LogP contribution in [-0.4, -0.2) is 36.3 Å². The second-order valence-corrected chi connectivity index (χ2v) is 6.51. The lowest BCUT2D eigenvalue weighted by Crippen LogP contribution is -2.48. The summed E-state index contributed by atoms with van der Waals surface area (Å²) in [6.45, 7) is 1.65. The Kier molecular flexibility index (Phi) is 5.53. The van der Waals surface area contributed by atoms with E-state index in [0.29, 0.717) is 5.92 Å². The summed E-state index contributed by atoms with van der Waals surface area (Å²) >= 11 is 0. The van der Waals surface area contributed by atoms with Crippen molar-refractivity contribution in [3.63, 3.8) is 0 Å². The molecule has 1 aliphatic heterocycles. The zero-order valence-electron chi connectivity index (χ0n) is 14.4. The number of benzene rings is 1. The summed E-state index contributed by atoms with van der Waals surface area (Å²) in [6, 6.07) is 8.13. The fourth-order valence-corrected chi connectivity index (χ4v) is 3.33. The lowest BCUT2D eigenvalue weighted by Gasteiger charge is -2.32. The number of H-pyrrole nitrogens is 1. The van der Waals surface area contributed by atoms with E-state index in [4.69, 9.17) is 4.74 Å². The number of ether oxygens (including phenoxy) is 1. The van der Waals surface area contributed by atoms with E-state index in [9.17, 15) is 9.59 Å². The molecule has 1 saturated heterocycles. The van der Waals surface area contributed by atoms with Gasteiger partial charge < -0.3 is 9.64 Å². The van der Waals surface area contributed by atoms with Gasteiger partial charge in [-0.1, -0.05) is 16.8 Å². The fraction of sp³-hybridized carbons (Fsp3) is 0.500. The van der Waals surface area contributed by atoms with Gasteiger partial charge in [0, 0.05) is 13.1 Å². The van der Waals surface area contributed by atoms with Gasteiger partial charge in [-0.05, 0) is 54.6 Å². The number of aromatic amines is 1. The van der Waals surface area contributed by atoms with Gasteiger partial charge in [0.2, 0.25) is 0 Å². The highest BCUT2D eigenvalue weighted by Gasteiger charge is 2.26. The predicted octanol–water partition coefficient (Wildman–Crippen LogP) is 1.14. The number of methoxy groups -OCH3 is 1. The van der Waals surface area contributed by atoms with E-state index in [1.807, 2.05) is 17.0 Å². The number of carbonyl (C=O) groups is 1. The van der Waals surface area contributed by atoms with Gasteiger partial charge in [0.15, 0.2) is 0 Å². The molecule has 1 aromatic heterocycles. The van der Waals surface area contributed by atoms with Crippen molar-refractivity contribution in [1.29, 1.82) is 0 Å². The molecular formula is C18H24N3O4+. The van der Waals surface area contributed by atoms with E-state index in [0.717, 1.165) is 44.5 Å². The smallest absolute Gasteiger partial charge is 0.426 e. The lowest BCUT2D eigenvalue weighted by atomic mass is 9.91. The molecule has 0 bridgehead atoms. The van der Waals surface area contributed by atoms with Crippen molar-refractivity contribution in [2.24, 2.45) is 5.92 Å². The minimum absolute atomic E-state index is 0.00753. The third-order valence-corrected chi connectivity index (χ3v) is 4.68. The molecule has 3 rings (SSSR count). The molecule has 25 heavy (non-hydrogen) atoms. The molecule has 7 nitrogen and oxygen atoms in total. The highest BCUT2D eigenvalue weighted by Crippen LogP contribution is 2.23. The summed E-state index contributed by atoms with van der Waals surface area (Å²) in [5.41, 5.74) is 0.775. The quantitative estimate of drug-likeness (QED) is 0.796. The molecule has 2 aromatic rings. The number of amides is 1. The third kappa shape index (κ3) is 4.71. The first kappa shape index (κ1) is 17.3. The topological polar surface area (TPSA) is 79.4 Å². The Morgan fingerprint density at radius 1 is 1.48 bits per heavy atom. The molecule has 1 atom stereocenters. The average Bonchev–Trinajstić information content (AvgIpc) is 3.05. The average molecular weight is 346 g/mol. The standard InChI is InChI=1S/C18H23N3O4/c1-24-16-6-2-4-14(10-16)7-8-15-5-3-9-20(11-15)17(22)12-21-13-18(23)25-19-21/h2,4,6,10,13,15H,3,5,7-9,11-12H2,1H3/p+1/t15-/m1/s1. The first-order chi connectivity index (χ1) is 12.1. The van der Waals surface area contributed by atoms with Crippen LogP contribution in [0.1, 0.15) is 24.8 Å². The number of aromatic nitrogens is 2. The summed E-state index contributed by atoms with van der Waals surface area (Å²) < 4.78 is 11.2. The van der Waals surface area contributed by atoms with Crippen LogP contribution in [0.5, 0.6) is 5.75 Å². The van der Waals surface area contributed by atoms with Crippen molar-refractivity contribution < 1.29 is 18.7 Å².